The lowest BCUT2D eigenvalue weighted by Gasteiger charge is -2.34. The molecule has 3 aromatic heterocycles. The first-order valence-electron chi connectivity index (χ1n) is 13.6. The lowest BCUT2D eigenvalue weighted by molar-refractivity contribution is -0.129. The Bertz CT molecular complexity index is 1430. The lowest BCUT2D eigenvalue weighted by Crippen LogP contribution is -2.46. The highest BCUT2D eigenvalue weighted by Gasteiger charge is 2.23. The van der Waals surface area contributed by atoms with Crippen LogP contribution in [0, 0.1) is 0 Å². The number of hydrogen-bond acceptors (Lipinski definition) is 10. The summed E-state index contributed by atoms with van der Waals surface area (Å²) in [4.78, 5) is 29.9. The van der Waals surface area contributed by atoms with Crippen LogP contribution >= 0.6 is 11.3 Å². The fraction of sp³-hybridized carbons (Fsp3) is 0.481. The number of fused-ring (bicyclic) bond motifs is 2. The van der Waals surface area contributed by atoms with Gasteiger partial charge in [-0.25, -0.2) is 15.4 Å². The van der Waals surface area contributed by atoms with Gasteiger partial charge in [0, 0.05) is 68.1 Å². The van der Waals surface area contributed by atoms with Crippen LogP contribution < -0.4 is 10.4 Å². The summed E-state index contributed by atoms with van der Waals surface area (Å²) in [6, 6.07) is 8.34. The first kappa shape index (κ1) is 26.1. The van der Waals surface area contributed by atoms with Gasteiger partial charge in [-0.1, -0.05) is 12.1 Å². The third kappa shape index (κ3) is 5.89. The predicted octanol–water partition coefficient (Wildman–Crippen LogP) is 2.86. The summed E-state index contributed by atoms with van der Waals surface area (Å²) in [6.45, 7) is 9.01. The van der Waals surface area contributed by atoms with Crippen molar-refractivity contribution in [1.29, 1.82) is 0 Å². The second kappa shape index (κ2) is 11.9. The zero-order chi connectivity index (χ0) is 26.6. The van der Waals surface area contributed by atoms with Gasteiger partial charge in [0.2, 0.25) is 5.91 Å². The van der Waals surface area contributed by atoms with Crippen LogP contribution in [0.5, 0.6) is 0 Å². The Morgan fingerprint density at radius 3 is 2.72 bits per heavy atom. The van der Waals surface area contributed by atoms with Gasteiger partial charge in [-0.3, -0.25) is 20.0 Å². The molecule has 0 spiro atoms. The summed E-state index contributed by atoms with van der Waals surface area (Å²) < 4.78 is 6.76. The average Bonchev–Trinajstić information content (AvgIpc) is 3.62. The second-order valence-electron chi connectivity index (χ2n) is 10.1. The van der Waals surface area contributed by atoms with Crippen molar-refractivity contribution >= 4 is 44.2 Å². The molecule has 0 atom stereocenters. The molecule has 0 bridgehead atoms. The van der Waals surface area contributed by atoms with E-state index in [-0.39, 0.29) is 5.91 Å². The van der Waals surface area contributed by atoms with E-state index in [1.54, 1.807) is 16.8 Å². The number of hydroxylamine groups is 1. The molecule has 3 N–H and O–H groups in total. The van der Waals surface area contributed by atoms with E-state index in [9.17, 15) is 4.79 Å². The molecule has 2 aliphatic heterocycles. The first-order chi connectivity index (χ1) is 19.2. The van der Waals surface area contributed by atoms with Gasteiger partial charge in [0.25, 0.3) is 0 Å². The van der Waals surface area contributed by atoms with E-state index < -0.39 is 0 Å². The van der Waals surface area contributed by atoms with Crippen molar-refractivity contribution in [2.45, 2.75) is 25.8 Å². The number of benzene rings is 1. The van der Waals surface area contributed by atoms with Crippen LogP contribution in [0.3, 0.4) is 0 Å². The van der Waals surface area contributed by atoms with Crippen LogP contribution in [0.2, 0.25) is 0 Å². The Labute approximate surface area is 230 Å². The van der Waals surface area contributed by atoms with Gasteiger partial charge in [-0.05, 0) is 31.5 Å². The Morgan fingerprint density at radius 1 is 1.08 bits per heavy atom. The second-order valence-corrected chi connectivity index (χ2v) is 11.3. The molecule has 0 aliphatic carbocycles. The Balaban J connectivity index is 1.18. The summed E-state index contributed by atoms with van der Waals surface area (Å²) in [7, 11) is 0. The molecule has 39 heavy (non-hydrogen) atoms. The maximum Gasteiger partial charge on any atom is 0.243 e. The Kier molecular flexibility index (Phi) is 7.98. The molecule has 12 heteroatoms. The maximum atomic E-state index is 11.2. The topological polar surface area (TPSA) is 123 Å². The number of H-pyrrole nitrogens is 1. The molecular formula is C27H34N8O3S. The smallest absolute Gasteiger partial charge is 0.243 e. The van der Waals surface area contributed by atoms with Crippen molar-refractivity contribution in [2.75, 3.05) is 63.9 Å². The van der Waals surface area contributed by atoms with Crippen molar-refractivity contribution in [3.05, 3.63) is 35.3 Å². The molecule has 0 saturated carbocycles. The van der Waals surface area contributed by atoms with E-state index in [1.807, 2.05) is 18.3 Å². The molecule has 0 unspecified atom stereocenters. The minimum Gasteiger partial charge on any atom is -0.378 e. The van der Waals surface area contributed by atoms with Gasteiger partial charge in [-0.15, -0.1) is 11.3 Å². The average molecular weight is 551 g/mol. The number of anilines is 1. The highest BCUT2D eigenvalue weighted by Crippen LogP contribution is 2.36. The van der Waals surface area contributed by atoms with Crippen LogP contribution in [-0.2, 0) is 16.1 Å². The van der Waals surface area contributed by atoms with Crippen molar-refractivity contribution in [3.63, 3.8) is 0 Å². The molecule has 1 aromatic carbocycles. The number of nitrogens with zero attached hydrogens (tertiary/aromatic N) is 6. The molecule has 2 aliphatic rings. The number of carbonyl (C=O) groups excluding carboxylic acids is 1. The fourth-order valence-corrected chi connectivity index (χ4v) is 6.54. The SMILES string of the molecule is O=C(CCCCN1CCN(Cc2cc3nc(-c4cccc5[nH]ncc45)nc(N4CCOCC4)c3s2)CC1)NO. The third-order valence-corrected chi connectivity index (χ3v) is 8.64. The van der Waals surface area contributed by atoms with Crippen molar-refractivity contribution in [3.8, 4) is 11.4 Å². The third-order valence-electron chi connectivity index (χ3n) is 7.54. The highest BCUT2D eigenvalue weighted by molar-refractivity contribution is 7.19. The normalized spacial score (nSPS) is 17.3. The number of thiophene rings is 1. The number of morpholine rings is 1. The number of carbonyl (C=O) groups is 1. The van der Waals surface area contributed by atoms with E-state index in [2.05, 4.69) is 37.0 Å². The number of amides is 1. The van der Waals surface area contributed by atoms with Crippen molar-refractivity contribution < 1.29 is 14.7 Å². The number of ether oxygens (including phenoxy) is 1. The molecule has 6 rings (SSSR count). The van der Waals surface area contributed by atoms with Gasteiger partial charge in [0.15, 0.2) is 11.6 Å². The van der Waals surface area contributed by atoms with Gasteiger partial charge in [0.05, 0.1) is 35.1 Å². The van der Waals surface area contributed by atoms with Crippen LogP contribution in [-0.4, -0.2) is 100 Å². The number of unbranched alkanes of at least 4 members (excludes halogenated alkanes) is 1. The number of rotatable bonds is 9. The first-order valence-corrected chi connectivity index (χ1v) is 14.4. The minimum absolute atomic E-state index is 0.310. The van der Waals surface area contributed by atoms with E-state index in [1.165, 1.54) is 4.88 Å². The molecular weight excluding hydrogens is 516 g/mol. The Hall–Kier alpha value is -3.16. The van der Waals surface area contributed by atoms with Crippen LogP contribution in [0.1, 0.15) is 24.1 Å². The number of piperazine rings is 1. The highest BCUT2D eigenvalue weighted by atomic mass is 32.1. The molecule has 2 saturated heterocycles. The van der Waals surface area contributed by atoms with E-state index in [4.69, 9.17) is 19.9 Å². The maximum absolute atomic E-state index is 11.2. The number of nitrogens with one attached hydrogen (secondary N) is 2. The summed E-state index contributed by atoms with van der Waals surface area (Å²) in [5, 5.41) is 16.9. The fourth-order valence-electron chi connectivity index (χ4n) is 5.38. The molecule has 206 valence electrons. The Morgan fingerprint density at radius 2 is 1.90 bits per heavy atom. The summed E-state index contributed by atoms with van der Waals surface area (Å²) in [6.07, 6.45) is 3.97. The van der Waals surface area contributed by atoms with Crippen molar-refractivity contribution in [2.24, 2.45) is 0 Å². The van der Waals surface area contributed by atoms with E-state index in [0.29, 0.717) is 19.6 Å². The molecule has 5 heterocycles. The molecule has 0 radical (unpaired) electrons. The van der Waals surface area contributed by atoms with Crippen molar-refractivity contribution in [1.82, 2.24) is 35.4 Å². The van der Waals surface area contributed by atoms with E-state index in [0.717, 1.165) is 104 Å². The lowest BCUT2D eigenvalue weighted by atomic mass is 10.1. The summed E-state index contributed by atoms with van der Waals surface area (Å²) >= 11 is 1.80. The molecule has 2 fully saturated rings. The van der Waals surface area contributed by atoms with Crippen LogP contribution in [0.25, 0.3) is 32.5 Å². The molecule has 11 nitrogen and oxygen atoms in total. The zero-order valence-corrected chi connectivity index (χ0v) is 22.8. The number of aromatic nitrogens is 4. The van der Waals surface area contributed by atoms with Gasteiger partial charge in [0.1, 0.15) is 0 Å². The largest absolute Gasteiger partial charge is 0.378 e. The monoisotopic (exact) mass is 550 g/mol. The van der Waals surface area contributed by atoms with Gasteiger partial charge >= 0.3 is 0 Å². The van der Waals surface area contributed by atoms with E-state index >= 15 is 0 Å². The number of hydrogen-bond donors (Lipinski definition) is 3. The minimum atomic E-state index is -0.310. The van der Waals surface area contributed by atoms with Crippen LogP contribution in [0.15, 0.2) is 30.5 Å². The quantitative estimate of drug-likeness (QED) is 0.164. The summed E-state index contributed by atoms with van der Waals surface area (Å²) in [5.74, 6) is 1.41. The zero-order valence-electron chi connectivity index (χ0n) is 21.9. The summed E-state index contributed by atoms with van der Waals surface area (Å²) in [5.41, 5.74) is 4.66. The van der Waals surface area contributed by atoms with Gasteiger partial charge in [-0.2, -0.15) is 5.10 Å². The van der Waals surface area contributed by atoms with Gasteiger partial charge < -0.3 is 14.5 Å². The predicted molar refractivity (Wildman–Crippen MR) is 151 cm³/mol. The van der Waals surface area contributed by atoms with Crippen LogP contribution in [0.4, 0.5) is 5.82 Å². The molecule has 4 aromatic rings. The standard InChI is InChI=1S/C27H34N8O3S/c36-24(32-37)6-1-2-7-33-8-10-34(11-9-33)18-19-16-23-25(39-19)27(35-12-14-38-15-13-35)30-26(29-23)20-4-3-5-22-21(20)17-28-31-22/h3-5,16-17,37H,1-2,6-15,18H2,(H,28,31)(H,32,36). The number of aromatic amines is 1. The molecule has 1 amide bonds.